The largest absolute Gasteiger partial charge is 0.508 e. The number of rotatable bonds is 2. The van der Waals surface area contributed by atoms with E-state index < -0.39 is 0 Å². The number of hydrogen-bond donors (Lipinski definition) is 5. The molecule has 0 fully saturated rings. The fraction of sp³-hybridized carbons (Fsp3) is 0. The molecule has 0 heterocycles. The smallest absolute Gasteiger partial charge is 0.130 e. The van der Waals surface area contributed by atoms with Crippen LogP contribution >= 0.6 is 0 Å². The van der Waals surface area contributed by atoms with Gasteiger partial charge in [0.15, 0.2) is 0 Å². The van der Waals surface area contributed by atoms with Gasteiger partial charge in [-0.1, -0.05) is 0 Å². The van der Waals surface area contributed by atoms with E-state index in [9.17, 15) is 15.3 Å². The third-order valence-corrected chi connectivity index (χ3v) is 2.56. The highest BCUT2D eigenvalue weighted by molar-refractivity contribution is 5.81. The molecule has 5 heteroatoms. The van der Waals surface area contributed by atoms with Gasteiger partial charge >= 0.3 is 0 Å². The van der Waals surface area contributed by atoms with Crippen LogP contribution in [0, 0.1) is 0 Å². The molecule has 0 saturated heterocycles. The lowest BCUT2D eigenvalue weighted by Gasteiger charge is -2.05. The molecule has 0 aromatic heterocycles. The van der Waals surface area contributed by atoms with Gasteiger partial charge in [-0.05, 0) is 30.3 Å². The Kier molecular flexibility index (Phi) is 3.20. The summed E-state index contributed by atoms with van der Waals surface area (Å²) >= 11 is 0. The van der Waals surface area contributed by atoms with Crippen LogP contribution in [0.1, 0.15) is 11.1 Å². The van der Waals surface area contributed by atoms with E-state index in [2.05, 4.69) is 0 Å². The molecule has 2 aromatic rings. The maximum absolute atomic E-state index is 9.89. The molecule has 2 aromatic carbocycles. The van der Waals surface area contributed by atoms with Gasteiger partial charge in [0.2, 0.25) is 0 Å². The summed E-state index contributed by atoms with van der Waals surface area (Å²) in [6, 6.07) is 7.66. The zero-order valence-corrected chi connectivity index (χ0v) is 9.78. The van der Waals surface area contributed by atoms with Crippen LogP contribution in [0.3, 0.4) is 0 Å². The molecule has 2 rings (SSSR count). The summed E-state index contributed by atoms with van der Waals surface area (Å²) in [5.74, 6) is -0.988. The lowest BCUT2D eigenvalue weighted by molar-refractivity contribution is 0.442. The summed E-state index contributed by atoms with van der Waals surface area (Å²) in [6.07, 6.45) is 1.24. The van der Waals surface area contributed by atoms with E-state index in [0.717, 1.165) is 12.1 Å². The average Bonchev–Trinajstić information content (AvgIpc) is 2.32. The van der Waals surface area contributed by atoms with Crippen molar-refractivity contribution in [2.24, 2.45) is 0 Å². The lowest BCUT2D eigenvalue weighted by Crippen LogP contribution is -1.85. The molecule has 98 valence electrons. The van der Waals surface area contributed by atoms with Crippen LogP contribution in [0.5, 0.6) is 23.0 Å². The number of phenols is 4. The standard InChI is InChI=1S/C14H12O5/c15-9-2-1-8(12(17)6-9)5-13(18)11-4-3-10(16)7-14(11)19/h1-7,15-19H. The van der Waals surface area contributed by atoms with Crippen LogP contribution in [0.2, 0.25) is 0 Å². The van der Waals surface area contributed by atoms with Crippen molar-refractivity contribution in [3.05, 3.63) is 47.5 Å². The Morgan fingerprint density at radius 3 is 1.95 bits per heavy atom. The molecule has 0 radical (unpaired) electrons. The summed E-state index contributed by atoms with van der Waals surface area (Å²) in [7, 11) is 0. The molecule has 5 nitrogen and oxygen atoms in total. The van der Waals surface area contributed by atoms with E-state index in [1.54, 1.807) is 0 Å². The van der Waals surface area contributed by atoms with Crippen molar-refractivity contribution >= 4 is 11.8 Å². The second-order valence-corrected chi connectivity index (χ2v) is 3.97. The zero-order valence-electron chi connectivity index (χ0n) is 9.78. The van der Waals surface area contributed by atoms with Crippen molar-refractivity contribution in [2.75, 3.05) is 0 Å². The van der Waals surface area contributed by atoms with Gasteiger partial charge in [0.05, 0.1) is 5.56 Å². The predicted molar refractivity (Wildman–Crippen MR) is 70.0 cm³/mol. The Hall–Kier alpha value is -2.82. The number of aliphatic hydroxyl groups excluding tert-OH is 1. The maximum Gasteiger partial charge on any atom is 0.130 e. The van der Waals surface area contributed by atoms with Crippen molar-refractivity contribution in [1.82, 2.24) is 0 Å². The molecule has 0 aliphatic heterocycles. The van der Waals surface area contributed by atoms with E-state index in [-0.39, 0.29) is 39.9 Å². The van der Waals surface area contributed by atoms with Crippen LogP contribution in [0.25, 0.3) is 11.8 Å². The average molecular weight is 260 g/mol. The van der Waals surface area contributed by atoms with Gasteiger partial charge in [-0.2, -0.15) is 0 Å². The molecule has 0 unspecified atom stereocenters. The van der Waals surface area contributed by atoms with E-state index >= 15 is 0 Å². The monoisotopic (exact) mass is 260 g/mol. The number of hydrogen-bond acceptors (Lipinski definition) is 5. The molecule has 0 bridgehead atoms. The topological polar surface area (TPSA) is 101 Å². The molecule has 0 atom stereocenters. The van der Waals surface area contributed by atoms with E-state index in [4.69, 9.17) is 10.2 Å². The Morgan fingerprint density at radius 1 is 0.789 bits per heavy atom. The van der Waals surface area contributed by atoms with Crippen LogP contribution in [0.15, 0.2) is 36.4 Å². The van der Waals surface area contributed by atoms with Gasteiger partial charge < -0.3 is 25.5 Å². The van der Waals surface area contributed by atoms with Crippen LogP contribution < -0.4 is 0 Å². The highest BCUT2D eigenvalue weighted by atomic mass is 16.3. The summed E-state index contributed by atoms with van der Waals surface area (Å²) in [5, 5.41) is 47.4. The summed E-state index contributed by atoms with van der Waals surface area (Å²) < 4.78 is 0. The van der Waals surface area contributed by atoms with Crippen molar-refractivity contribution in [3.8, 4) is 23.0 Å². The highest BCUT2D eigenvalue weighted by Crippen LogP contribution is 2.31. The second-order valence-electron chi connectivity index (χ2n) is 3.97. The van der Waals surface area contributed by atoms with Gasteiger partial charge in [0.25, 0.3) is 0 Å². The molecule has 0 aliphatic rings. The number of phenolic OH excluding ortho intramolecular Hbond substituents is 4. The Bertz CT molecular complexity index is 646. The number of aromatic hydroxyl groups is 4. The van der Waals surface area contributed by atoms with Crippen molar-refractivity contribution in [2.45, 2.75) is 0 Å². The lowest BCUT2D eigenvalue weighted by atomic mass is 10.1. The van der Waals surface area contributed by atoms with Crippen molar-refractivity contribution < 1.29 is 25.5 Å². The minimum Gasteiger partial charge on any atom is -0.508 e. The first-order valence-electron chi connectivity index (χ1n) is 5.42. The Labute approximate surface area is 108 Å². The summed E-state index contributed by atoms with van der Waals surface area (Å²) in [4.78, 5) is 0. The molecule has 0 aliphatic carbocycles. The van der Waals surface area contributed by atoms with Gasteiger partial charge in [-0.3, -0.25) is 0 Å². The SMILES string of the molecule is OC(=Cc1ccc(O)cc1O)c1ccc(O)cc1O. The van der Waals surface area contributed by atoms with Crippen molar-refractivity contribution in [1.29, 1.82) is 0 Å². The van der Waals surface area contributed by atoms with Gasteiger partial charge in [0, 0.05) is 17.7 Å². The fourth-order valence-electron chi connectivity index (χ4n) is 1.62. The Balaban J connectivity index is 2.42. The first-order chi connectivity index (χ1) is 8.97. The normalized spacial score (nSPS) is 11.5. The van der Waals surface area contributed by atoms with E-state index in [0.29, 0.717) is 0 Å². The minimum absolute atomic E-state index is 0.0957. The zero-order chi connectivity index (χ0) is 14.0. The molecule has 0 spiro atoms. The predicted octanol–water partition coefficient (Wildman–Crippen LogP) is 2.57. The van der Waals surface area contributed by atoms with Crippen LogP contribution in [-0.4, -0.2) is 25.5 Å². The first-order valence-corrected chi connectivity index (χ1v) is 5.42. The fourth-order valence-corrected chi connectivity index (χ4v) is 1.62. The summed E-state index contributed by atoms with van der Waals surface area (Å²) in [6.45, 7) is 0. The van der Waals surface area contributed by atoms with E-state index in [1.807, 2.05) is 0 Å². The first kappa shape index (κ1) is 12.6. The van der Waals surface area contributed by atoms with Gasteiger partial charge in [0.1, 0.15) is 28.8 Å². The number of aliphatic hydroxyl groups is 1. The quantitative estimate of drug-likeness (QED) is 0.422. The molecular weight excluding hydrogens is 248 g/mol. The molecule has 0 amide bonds. The van der Waals surface area contributed by atoms with Gasteiger partial charge in [-0.15, -0.1) is 0 Å². The van der Waals surface area contributed by atoms with E-state index in [1.165, 1.54) is 30.3 Å². The molecule has 0 saturated carbocycles. The van der Waals surface area contributed by atoms with Crippen LogP contribution in [-0.2, 0) is 0 Å². The van der Waals surface area contributed by atoms with Gasteiger partial charge in [-0.25, -0.2) is 0 Å². The molecule has 5 N–H and O–H groups in total. The highest BCUT2D eigenvalue weighted by Gasteiger charge is 2.08. The summed E-state index contributed by atoms with van der Waals surface area (Å²) in [5.41, 5.74) is 0.396. The van der Waals surface area contributed by atoms with Crippen LogP contribution in [0.4, 0.5) is 0 Å². The maximum atomic E-state index is 9.89. The molecular formula is C14H12O5. The second kappa shape index (κ2) is 4.81. The minimum atomic E-state index is -0.285. The third-order valence-electron chi connectivity index (χ3n) is 2.56. The van der Waals surface area contributed by atoms with Crippen molar-refractivity contribution in [3.63, 3.8) is 0 Å². The molecule has 19 heavy (non-hydrogen) atoms. The third kappa shape index (κ3) is 2.71. The Morgan fingerprint density at radius 2 is 1.37 bits per heavy atom. The number of benzene rings is 2.